The molecule has 2 fully saturated rings. The van der Waals surface area contributed by atoms with Crippen molar-refractivity contribution in [3.8, 4) is 0 Å². The van der Waals surface area contributed by atoms with Gasteiger partial charge in [0.15, 0.2) is 0 Å². The second kappa shape index (κ2) is 7.70. The van der Waals surface area contributed by atoms with Crippen molar-refractivity contribution in [2.45, 2.75) is 18.5 Å². The van der Waals surface area contributed by atoms with Gasteiger partial charge >= 0.3 is 0 Å². The quantitative estimate of drug-likeness (QED) is 0.812. The van der Waals surface area contributed by atoms with Gasteiger partial charge in [-0.1, -0.05) is 29.3 Å². The van der Waals surface area contributed by atoms with Crippen molar-refractivity contribution in [1.29, 1.82) is 0 Å². The number of piperazine rings is 1. The van der Waals surface area contributed by atoms with Crippen LogP contribution in [0.2, 0.25) is 10.0 Å². The first-order valence-corrected chi connectivity index (χ1v) is 10.1. The summed E-state index contributed by atoms with van der Waals surface area (Å²) >= 11 is 13.9. The number of anilines is 1. The van der Waals surface area contributed by atoms with Crippen LogP contribution < -0.4 is 15.8 Å². The molecule has 2 atom stereocenters. The molecule has 0 spiro atoms. The molecule has 2 aromatic heterocycles. The monoisotopic (exact) mass is 411 g/mol. The predicted molar refractivity (Wildman–Crippen MR) is 105 cm³/mol. The molecule has 2 unspecified atom stereocenters. The van der Waals surface area contributed by atoms with Crippen LogP contribution in [0.15, 0.2) is 29.8 Å². The third kappa shape index (κ3) is 3.68. The normalized spacial score (nSPS) is 23.5. The fourth-order valence-corrected chi connectivity index (χ4v) is 4.68. The van der Waals surface area contributed by atoms with Crippen molar-refractivity contribution in [2.75, 3.05) is 31.1 Å². The van der Waals surface area contributed by atoms with Crippen LogP contribution in [0.3, 0.4) is 0 Å². The number of carbonyl (C=O) groups excluding carboxylic acids is 1. The van der Waals surface area contributed by atoms with E-state index in [2.05, 4.69) is 32.2 Å². The number of hydrazine groups is 1. The summed E-state index contributed by atoms with van der Waals surface area (Å²) in [5.74, 6) is 0.868. The number of halogens is 2. The molecule has 4 rings (SSSR count). The zero-order chi connectivity index (χ0) is 18.1. The fourth-order valence-electron chi connectivity index (χ4n) is 3.39. The van der Waals surface area contributed by atoms with Gasteiger partial charge in [0.05, 0.1) is 16.1 Å². The number of hydrogen-bond acceptors (Lipinski definition) is 6. The van der Waals surface area contributed by atoms with Crippen LogP contribution in [0.25, 0.3) is 0 Å². The van der Waals surface area contributed by atoms with E-state index in [9.17, 15) is 4.79 Å². The number of nitrogens with zero attached hydrogens (tertiary/aromatic N) is 3. The van der Waals surface area contributed by atoms with Gasteiger partial charge in [-0.05, 0) is 23.9 Å². The highest BCUT2D eigenvalue weighted by Crippen LogP contribution is 2.28. The lowest BCUT2D eigenvalue weighted by Crippen LogP contribution is -2.53. The Kier molecular flexibility index (Phi) is 5.33. The molecule has 2 aromatic rings. The number of rotatable bonds is 3. The predicted octanol–water partition coefficient (Wildman–Crippen LogP) is 2.71. The van der Waals surface area contributed by atoms with Crippen LogP contribution in [0, 0.1) is 0 Å². The van der Waals surface area contributed by atoms with Gasteiger partial charge < -0.3 is 9.80 Å². The smallest absolute Gasteiger partial charge is 0.241 e. The maximum Gasteiger partial charge on any atom is 0.241 e. The first kappa shape index (κ1) is 18.0. The Morgan fingerprint density at radius 3 is 2.73 bits per heavy atom. The van der Waals surface area contributed by atoms with E-state index in [1.54, 1.807) is 23.6 Å². The average Bonchev–Trinajstić information content (AvgIpc) is 3.33. The fraction of sp³-hybridized carbons (Fsp3) is 0.412. The Labute approximate surface area is 166 Å². The molecule has 0 bridgehead atoms. The number of aromatic nitrogens is 1. The highest BCUT2D eigenvalue weighted by Gasteiger charge is 2.34. The largest absolute Gasteiger partial charge is 0.352 e. The highest BCUT2D eigenvalue weighted by molar-refractivity contribution is 7.10. The van der Waals surface area contributed by atoms with Gasteiger partial charge in [0, 0.05) is 37.3 Å². The van der Waals surface area contributed by atoms with Gasteiger partial charge in [-0.3, -0.25) is 4.79 Å². The average molecular weight is 412 g/mol. The van der Waals surface area contributed by atoms with Crippen molar-refractivity contribution in [3.05, 3.63) is 44.7 Å². The molecule has 1 amide bonds. The zero-order valence-corrected chi connectivity index (χ0v) is 16.3. The Balaban J connectivity index is 1.34. The summed E-state index contributed by atoms with van der Waals surface area (Å²) in [5.41, 5.74) is 6.39. The van der Waals surface area contributed by atoms with E-state index < -0.39 is 0 Å². The van der Waals surface area contributed by atoms with Gasteiger partial charge in [-0.15, -0.1) is 11.3 Å². The lowest BCUT2D eigenvalue weighted by molar-refractivity contribution is -0.133. The number of thiophene rings is 1. The lowest BCUT2D eigenvalue weighted by Gasteiger charge is -2.36. The van der Waals surface area contributed by atoms with E-state index >= 15 is 0 Å². The first-order valence-electron chi connectivity index (χ1n) is 8.51. The van der Waals surface area contributed by atoms with Crippen molar-refractivity contribution in [3.63, 3.8) is 0 Å². The minimum atomic E-state index is -0.189. The second-order valence-corrected chi connectivity index (χ2v) is 8.24. The molecule has 0 aliphatic carbocycles. The van der Waals surface area contributed by atoms with E-state index in [1.165, 1.54) is 4.88 Å². The standard InChI is InChI=1S/C17H19Cl2N5OS/c18-11-8-12(19)16(20-10-11)23-3-5-24(6-4-23)17(25)14-9-13(21-22-14)15-2-1-7-26-15/h1-2,7-8,10,13-14,21-22H,3-6,9H2. The molecule has 0 aromatic carbocycles. The van der Waals surface area contributed by atoms with Crippen LogP contribution in [0.1, 0.15) is 17.3 Å². The molecule has 2 saturated heterocycles. The van der Waals surface area contributed by atoms with Crippen molar-refractivity contribution in [2.24, 2.45) is 0 Å². The van der Waals surface area contributed by atoms with Gasteiger partial charge in [0.2, 0.25) is 5.91 Å². The van der Waals surface area contributed by atoms with E-state index in [0.29, 0.717) is 36.2 Å². The second-order valence-electron chi connectivity index (χ2n) is 6.42. The van der Waals surface area contributed by atoms with Crippen LogP contribution in [-0.2, 0) is 4.79 Å². The van der Waals surface area contributed by atoms with E-state index in [0.717, 1.165) is 12.2 Å². The molecular formula is C17H19Cl2N5OS. The topological polar surface area (TPSA) is 60.5 Å². The molecule has 6 nitrogen and oxygen atoms in total. The van der Waals surface area contributed by atoms with Crippen LogP contribution in [0.5, 0.6) is 0 Å². The molecular weight excluding hydrogens is 393 g/mol. The molecule has 138 valence electrons. The van der Waals surface area contributed by atoms with Crippen LogP contribution in [-0.4, -0.2) is 48.0 Å². The minimum Gasteiger partial charge on any atom is -0.352 e. The van der Waals surface area contributed by atoms with Crippen LogP contribution >= 0.6 is 34.5 Å². The summed E-state index contributed by atoms with van der Waals surface area (Å²) in [5, 5.41) is 3.12. The van der Waals surface area contributed by atoms with Gasteiger partial charge in [0.25, 0.3) is 0 Å². The van der Waals surface area contributed by atoms with Crippen molar-refractivity contribution < 1.29 is 4.79 Å². The minimum absolute atomic E-state index is 0.145. The Hall–Kier alpha value is -1.38. The summed E-state index contributed by atoms with van der Waals surface area (Å²) in [6.45, 7) is 2.71. The Morgan fingerprint density at radius 1 is 1.23 bits per heavy atom. The number of carbonyl (C=O) groups is 1. The van der Waals surface area contributed by atoms with Crippen molar-refractivity contribution in [1.82, 2.24) is 20.7 Å². The number of pyridine rings is 1. The van der Waals surface area contributed by atoms with E-state index in [-0.39, 0.29) is 18.0 Å². The molecule has 2 aliphatic heterocycles. The molecule has 4 heterocycles. The first-order chi connectivity index (χ1) is 12.6. The van der Waals surface area contributed by atoms with E-state index in [1.807, 2.05) is 11.0 Å². The third-order valence-electron chi connectivity index (χ3n) is 4.77. The Morgan fingerprint density at radius 2 is 2.04 bits per heavy atom. The van der Waals surface area contributed by atoms with Gasteiger partial charge in [0.1, 0.15) is 11.9 Å². The third-order valence-corrected chi connectivity index (χ3v) is 6.24. The summed E-state index contributed by atoms with van der Waals surface area (Å²) in [6.07, 6.45) is 2.36. The Bertz CT molecular complexity index is 779. The zero-order valence-electron chi connectivity index (χ0n) is 14.0. The lowest BCUT2D eigenvalue weighted by atomic mass is 10.1. The number of amides is 1. The van der Waals surface area contributed by atoms with Gasteiger partial charge in [-0.25, -0.2) is 15.8 Å². The number of nitrogens with one attached hydrogen (secondary N) is 2. The molecule has 0 radical (unpaired) electrons. The molecule has 0 saturated carbocycles. The maximum atomic E-state index is 12.8. The van der Waals surface area contributed by atoms with Gasteiger partial charge in [-0.2, -0.15) is 0 Å². The molecule has 26 heavy (non-hydrogen) atoms. The molecule has 2 N–H and O–H groups in total. The van der Waals surface area contributed by atoms with Crippen LogP contribution in [0.4, 0.5) is 5.82 Å². The molecule has 2 aliphatic rings. The molecule has 9 heteroatoms. The SMILES string of the molecule is O=C(C1CC(c2cccs2)NN1)N1CCN(c2ncc(Cl)cc2Cl)CC1. The summed E-state index contributed by atoms with van der Waals surface area (Å²) in [4.78, 5) is 22.4. The van der Waals surface area contributed by atoms with Crippen molar-refractivity contribution >= 4 is 46.3 Å². The summed E-state index contributed by atoms with van der Waals surface area (Å²) in [7, 11) is 0. The summed E-state index contributed by atoms with van der Waals surface area (Å²) in [6, 6.07) is 5.83. The highest BCUT2D eigenvalue weighted by atomic mass is 35.5. The van der Waals surface area contributed by atoms with E-state index in [4.69, 9.17) is 23.2 Å². The number of hydrogen-bond donors (Lipinski definition) is 2. The summed E-state index contributed by atoms with van der Waals surface area (Å²) < 4.78 is 0. The maximum absolute atomic E-state index is 12.8.